The maximum absolute atomic E-state index is 10.2. The van der Waals surface area contributed by atoms with Crippen molar-refractivity contribution in [3.8, 4) is 5.75 Å². The van der Waals surface area contributed by atoms with Crippen LogP contribution in [0.3, 0.4) is 0 Å². The summed E-state index contributed by atoms with van der Waals surface area (Å²) in [7, 11) is 1.50. The van der Waals surface area contributed by atoms with E-state index in [-0.39, 0.29) is 0 Å². The first-order valence-electron chi connectivity index (χ1n) is 4.98. The van der Waals surface area contributed by atoms with Gasteiger partial charge in [-0.1, -0.05) is 23.2 Å². The van der Waals surface area contributed by atoms with Crippen LogP contribution in [-0.2, 0) is 0 Å². The van der Waals surface area contributed by atoms with Crippen molar-refractivity contribution in [1.82, 2.24) is 0 Å². The third kappa shape index (κ3) is 2.00. The Balaban J connectivity index is 2.46. The molecule has 0 heterocycles. The summed E-state index contributed by atoms with van der Waals surface area (Å²) in [4.78, 5) is 0. The summed E-state index contributed by atoms with van der Waals surface area (Å²) in [6.07, 6.45) is 0.793. The molecular formula is C11H13Cl2NO2. The first kappa shape index (κ1) is 12.0. The molecule has 3 N–H and O–H groups in total. The molecule has 1 saturated carbocycles. The quantitative estimate of drug-likeness (QED) is 0.880. The number of hydrogen-bond acceptors (Lipinski definition) is 3. The molecule has 2 rings (SSSR count). The van der Waals surface area contributed by atoms with E-state index in [0.29, 0.717) is 21.4 Å². The monoisotopic (exact) mass is 261 g/mol. The van der Waals surface area contributed by atoms with Gasteiger partial charge in [0.2, 0.25) is 0 Å². The third-order valence-electron chi connectivity index (χ3n) is 2.91. The molecule has 0 aliphatic heterocycles. The fourth-order valence-corrected chi connectivity index (χ4v) is 2.31. The van der Waals surface area contributed by atoms with E-state index < -0.39 is 11.6 Å². The number of nitrogens with two attached hydrogens (primary N) is 1. The van der Waals surface area contributed by atoms with E-state index in [0.717, 1.165) is 12.8 Å². The summed E-state index contributed by atoms with van der Waals surface area (Å²) >= 11 is 11.9. The SMILES string of the molecule is COc1c(Cl)cc(Cl)cc1C(O)C1(N)CC1. The molecule has 1 unspecified atom stereocenters. The van der Waals surface area contributed by atoms with Gasteiger partial charge in [-0.05, 0) is 25.0 Å². The first-order valence-corrected chi connectivity index (χ1v) is 5.73. The lowest BCUT2D eigenvalue weighted by Crippen LogP contribution is -2.30. The van der Waals surface area contributed by atoms with E-state index in [1.807, 2.05) is 0 Å². The van der Waals surface area contributed by atoms with Gasteiger partial charge in [0.1, 0.15) is 11.9 Å². The number of rotatable bonds is 3. The number of methoxy groups -OCH3 is 1. The highest BCUT2D eigenvalue weighted by Gasteiger charge is 2.47. The van der Waals surface area contributed by atoms with Crippen molar-refractivity contribution < 1.29 is 9.84 Å². The molecule has 1 fully saturated rings. The molecule has 0 radical (unpaired) electrons. The Morgan fingerprint density at radius 2 is 2.06 bits per heavy atom. The summed E-state index contributed by atoms with van der Waals surface area (Å²) < 4.78 is 5.17. The fraction of sp³-hybridized carbons (Fsp3) is 0.455. The fourth-order valence-electron chi connectivity index (χ4n) is 1.73. The van der Waals surface area contributed by atoms with Crippen molar-refractivity contribution in [3.05, 3.63) is 27.7 Å². The molecule has 1 aromatic carbocycles. The molecule has 3 nitrogen and oxygen atoms in total. The van der Waals surface area contributed by atoms with Gasteiger partial charge in [0.25, 0.3) is 0 Å². The maximum Gasteiger partial charge on any atom is 0.143 e. The highest BCUT2D eigenvalue weighted by Crippen LogP contribution is 2.47. The Bertz CT molecular complexity index is 419. The minimum absolute atomic E-state index is 0.383. The second-order valence-electron chi connectivity index (χ2n) is 4.15. The van der Waals surface area contributed by atoms with Gasteiger partial charge in [-0.2, -0.15) is 0 Å². The smallest absolute Gasteiger partial charge is 0.143 e. The van der Waals surface area contributed by atoms with Crippen LogP contribution in [0.4, 0.5) is 0 Å². The molecule has 1 atom stereocenters. The third-order valence-corrected chi connectivity index (χ3v) is 3.41. The lowest BCUT2D eigenvalue weighted by Gasteiger charge is -2.21. The van der Waals surface area contributed by atoms with Crippen LogP contribution in [0.5, 0.6) is 5.75 Å². The van der Waals surface area contributed by atoms with E-state index in [1.165, 1.54) is 7.11 Å². The second-order valence-corrected chi connectivity index (χ2v) is 4.99. The van der Waals surface area contributed by atoms with Gasteiger partial charge in [-0.25, -0.2) is 0 Å². The average Bonchev–Trinajstić information content (AvgIpc) is 2.95. The predicted molar refractivity (Wildman–Crippen MR) is 64.1 cm³/mol. The van der Waals surface area contributed by atoms with Crippen LogP contribution < -0.4 is 10.5 Å². The molecule has 16 heavy (non-hydrogen) atoms. The first-order chi connectivity index (χ1) is 7.48. The zero-order valence-electron chi connectivity index (χ0n) is 8.84. The molecule has 1 aliphatic carbocycles. The number of benzene rings is 1. The highest BCUT2D eigenvalue weighted by molar-refractivity contribution is 6.35. The highest BCUT2D eigenvalue weighted by atomic mass is 35.5. The largest absolute Gasteiger partial charge is 0.495 e. The zero-order chi connectivity index (χ0) is 11.9. The molecule has 0 spiro atoms. The lowest BCUT2D eigenvalue weighted by molar-refractivity contribution is 0.132. The molecule has 0 amide bonds. The molecule has 5 heteroatoms. The summed E-state index contributed by atoms with van der Waals surface area (Å²) in [6, 6.07) is 3.22. The topological polar surface area (TPSA) is 55.5 Å². The zero-order valence-corrected chi connectivity index (χ0v) is 10.3. The predicted octanol–water partition coefficient (Wildman–Crippen LogP) is 2.53. The van der Waals surface area contributed by atoms with E-state index in [2.05, 4.69) is 0 Å². The molecule has 1 aromatic rings. The van der Waals surface area contributed by atoms with Crippen molar-refractivity contribution in [1.29, 1.82) is 0 Å². The van der Waals surface area contributed by atoms with Gasteiger partial charge in [0.05, 0.1) is 12.1 Å². The summed E-state index contributed by atoms with van der Waals surface area (Å²) in [5.74, 6) is 0.440. The van der Waals surface area contributed by atoms with Crippen molar-refractivity contribution in [3.63, 3.8) is 0 Å². The van der Waals surface area contributed by atoms with Crippen molar-refractivity contribution >= 4 is 23.2 Å². The summed E-state index contributed by atoms with van der Waals surface area (Å²) in [5, 5.41) is 11.0. The number of hydrogen-bond donors (Lipinski definition) is 2. The Morgan fingerprint density at radius 1 is 1.44 bits per heavy atom. The second kappa shape index (κ2) is 4.08. The molecule has 88 valence electrons. The standard InChI is InChI=1S/C11H13Cl2NO2/c1-16-9-7(4-6(12)5-8(9)13)10(15)11(14)2-3-11/h4-5,10,15H,2-3,14H2,1H3. The van der Waals surface area contributed by atoms with Gasteiger partial charge >= 0.3 is 0 Å². The van der Waals surface area contributed by atoms with Crippen molar-refractivity contribution in [2.45, 2.75) is 24.5 Å². The van der Waals surface area contributed by atoms with E-state index in [9.17, 15) is 5.11 Å². The van der Waals surface area contributed by atoms with Crippen LogP contribution in [-0.4, -0.2) is 17.8 Å². The Labute approximate surface area is 104 Å². The Kier molecular flexibility index (Phi) is 3.05. The minimum Gasteiger partial charge on any atom is -0.495 e. The van der Waals surface area contributed by atoms with Crippen LogP contribution in [0.15, 0.2) is 12.1 Å². The summed E-state index contributed by atoms with van der Waals surface area (Å²) in [5.41, 5.74) is 5.96. The van der Waals surface area contributed by atoms with Crippen LogP contribution in [0.25, 0.3) is 0 Å². The van der Waals surface area contributed by atoms with Crippen LogP contribution in [0.1, 0.15) is 24.5 Å². The van der Waals surface area contributed by atoms with Crippen LogP contribution in [0.2, 0.25) is 10.0 Å². The molecule has 0 saturated heterocycles. The van der Waals surface area contributed by atoms with Crippen molar-refractivity contribution in [2.24, 2.45) is 5.73 Å². The van der Waals surface area contributed by atoms with Gasteiger partial charge < -0.3 is 15.6 Å². The Hall–Kier alpha value is -0.480. The van der Waals surface area contributed by atoms with Gasteiger partial charge in [0.15, 0.2) is 0 Å². The van der Waals surface area contributed by atoms with Crippen LogP contribution >= 0.6 is 23.2 Å². The number of aliphatic hydroxyl groups is 1. The molecule has 1 aliphatic rings. The normalized spacial score (nSPS) is 19.3. The minimum atomic E-state index is -0.793. The number of aliphatic hydroxyl groups excluding tert-OH is 1. The van der Waals surface area contributed by atoms with E-state index in [1.54, 1.807) is 12.1 Å². The van der Waals surface area contributed by atoms with Gasteiger partial charge in [-0.15, -0.1) is 0 Å². The molecule has 0 bridgehead atoms. The van der Waals surface area contributed by atoms with Crippen molar-refractivity contribution in [2.75, 3.05) is 7.11 Å². The molecular weight excluding hydrogens is 249 g/mol. The van der Waals surface area contributed by atoms with E-state index in [4.69, 9.17) is 33.7 Å². The average molecular weight is 262 g/mol. The summed E-state index contributed by atoms with van der Waals surface area (Å²) in [6.45, 7) is 0. The number of ether oxygens (including phenoxy) is 1. The lowest BCUT2D eigenvalue weighted by atomic mass is 10.00. The van der Waals surface area contributed by atoms with Gasteiger partial charge in [-0.3, -0.25) is 0 Å². The molecule has 0 aromatic heterocycles. The number of halogens is 2. The Morgan fingerprint density at radius 3 is 2.56 bits per heavy atom. The van der Waals surface area contributed by atoms with Crippen LogP contribution in [0, 0.1) is 0 Å². The van der Waals surface area contributed by atoms with E-state index >= 15 is 0 Å². The van der Waals surface area contributed by atoms with Gasteiger partial charge in [0, 0.05) is 16.1 Å². The maximum atomic E-state index is 10.2.